The lowest BCUT2D eigenvalue weighted by atomic mass is 9.90. The van der Waals surface area contributed by atoms with Gasteiger partial charge in [0.05, 0.1) is 18.3 Å². The number of hydrogen-bond donors (Lipinski definition) is 1. The number of likely N-dealkylation sites (N-methyl/N-ethyl adjacent to an activating group) is 1. The smallest absolute Gasteiger partial charge is 0.326 e. The molecule has 3 amide bonds. The van der Waals surface area contributed by atoms with E-state index in [-0.39, 0.29) is 18.0 Å². The molecule has 0 spiro atoms. The van der Waals surface area contributed by atoms with Gasteiger partial charge in [0.2, 0.25) is 11.9 Å². The van der Waals surface area contributed by atoms with Crippen LogP contribution in [0, 0.1) is 0 Å². The lowest BCUT2D eigenvalue weighted by molar-refractivity contribution is -0.114. The van der Waals surface area contributed by atoms with E-state index in [0.29, 0.717) is 31.3 Å². The summed E-state index contributed by atoms with van der Waals surface area (Å²) >= 11 is 0. The van der Waals surface area contributed by atoms with Crippen molar-refractivity contribution in [3.63, 3.8) is 0 Å². The van der Waals surface area contributed by atoms with Crippen LogP contribution < -0.4 is 20.0 Å². The number of benzene rings is 2. The van der Waals surface area contributed by atoms with Crippen LogP contribution in [0.2, 0.25) is 0 Å². The molecule has 0 aliphatic carbocycles. The zero-order chi connectivity index (χ0) is 29.4. The summed E-state index contributed by atoms with van der Waals surface area (Å²) in [5.41, 5.74) is 5.95. The number of nitrogens with zero attached hydrogens (tertiary/aromatic N) is 7. The van der Waals surface area contributed by atoms with Crippen molar-refractivity contribution in [1.82, 2.24) is 19.8 Å². The summed E-state index contributed by atoms with van der Waals surface area (Å²) in [6.45, 7) is 10.9. The number of hydrogen-bond acceptors (Lipinski definition) is 7. The molecular weight excluding hydrogens is 528 g/mol. The minimum atomic E-state index is -0.167. The number of amides is 3. The topological polar surface area (TPSA) is 88.2 Å². The Hall–Kier alpha value is -4.44. The zero-order valence-corrected chi connectivity index (χ0v) is 24.6. The third-order valence-electron chi connectivity index (χ3n) is 8.63. The first-order chi connectivity index (χ1) is 20.4. The first-order valence-corrected chi connectivity index (χ1v) is 14.6. The van der Waals surface area contributed by atoms with Gasteiger partial charge in [-0.3, -0.25) is 9.69 Å². The number of fused-ring (bicyclic) bond motifs is 2. The molecule has 0 bridgehead atoms. The van der Waals surface area contributed by atoms with Gasteiger partial charge in [-0.1, -0.05) is 31.7 Å². The molecule has 1 aromatic heterocycles. The monoisotopic (exact) mass is 566 g/mol. The molecule has 3 aliphatic heterocycles. The Bertz CT molecular complexity index is 1500. The largest absolute Gasteiger partial charge is 0.369 e. The molecule has 1 fully saturated rings. The van der Waals surface area contributed by atoms with E-state index in [1.54, 1.807) is 23.0 Å². The van der Waals surface area contributed by atoms with Crippen LogP contribution in [-0.4, -0.2) is 78.5 Å². The van der Waals surface area contributed by atoms with Crippen molar-refractivity contribution < 1.29 is 9.59 Å². The summed E-state index contributed by atoms with van der Waals surface area (Å²) in [6, 6.07) is 14.1. The third kappa shape index (κ3) is 5.07. The average Bonchev–Trinajstić information content (AvgIpc) is 3.02. The normalized spacial score (nSPS) is 18.9. The van der Waals surface area contributed by atoms with Crippen molar-refractivity contribution in [2.24, 2.45) is 0 Å². The number of rotatable bonds is 6. The first kappa shape index (κ1) is 27.7. The molecule has 3 aromatic rings. The van der Waals surface area contributed by atoms with Crippen molar-refractivity contribution in [2.75, 3.05) is 66.8 Å². The number of carbonyl (C=O) groups excluding carboxylic acids is 2. The van der Waals surface area contributed by atoms with E-state index in [1.807, 2.05) is 35.2 Å². The zero-order valence-electron chi connectivity index (χ0n) is 24.6. The fraction of sp³-hybridized carbons (Fsp3) is 0.375. The SMILES string of the molecule is C=CC(=O)N1CCC(N2Cc3cnc(Nc4ccc(N5CCN(C)CC5)cc4)nc3N(C)C2=O)c2cccc(CC)c21. The number of nitrogens with one attached hydrogen (secondary N) is 1. The maximum atomic E-state index is 13.8. The van der Waals surface area contributed by atoms with E-state index in [1.165, 1.54) is 11.8 Å². The third-order valence-corrected chi connectivity index (χ3v) is 8.63. The summed E-state index contributed by atoms with van der Waals surface area (Å²) in [5, 5.41) is 3.30. The van der Waals surface area contributed by atoms with Crippen molar-refractivity contribution in [3.05, 3.63) is 78.0 Å². The summed E-state index contributed by atoms with van der Waals surface area (Å²) in [7, 11) is 3.92. The number of piperazine rings is 1. The Morgan fingerprint density at radius 3 is 2.55 bits per heavy atom. The molecule has 0 radical (unpaired) electrons. The van der Waals surface area contributed by atoms with Gasteiger partial charge >= 0.3 is 6.03 Å². The molecule has 10 heteroatoms. The van der Waals surface area contributed by atoms with Gasteiger partial charge in [0, 0.05) is 62.9 Å². The number of carbonyl (C=O) groups is 2. The van der Waals surface area contributed by atoms with Crippen LogP contribution in [0.4, 0.5) is 33.6 Å². The van der Waals surface area contributed by atoms with Gasteiger partial charge in [0.15, 0.2) is 0 Å². The van der Waals surface area contributed by atoms with Gasteiger partial charge in [0.1, 0.15) is 5.82 Å². The van der Waals surface area contributed by atoms with Gasteiger partial charge in [0.25, 0.3) is 0 Å². The van der Waals surface area contributed by atoms with Crippen LogP contribution in [0.5, 0.6) is 0 Å². The summed E-state index contributed by atoms with van der Waals surface area (Å²) in [5.74, 6) is 0.929. The van der Waals surface area contributed by atoms with Crippen molar-refractivity contribution in [2.45, 2.75) is 32.4 Å². The van der Waals surface area contributed by atoms with E-state index >= 15 is 0 Å². The standard InChI is InChI=1S/C32H38N8O2/c1-5-22-8-7-9-26-27(14-15-39(29(22)26)28(41)6-2)40-21-23-20-33-31(35-30(23)37(4)32(40)42)34-24-10-12-25(13-11-24)38-18-16-36(3)17-19-38/h6-13,20,27H,2,5,14-19,21H2,1,3-4H3,(H,33,34,35). The highest BCUT2D eigenvalue weighted by molar-refractivity contribution is 6.03. The highest BCUT2D eigenvalue weighted by Gasteiger charge is 2.39. The predicted octanol–water partition coefficient (Wildman–Crippen LogP) is 4.57. The molecule has 0 saturated carbocycles. The molecule has 1 atom stereocenters. The molecule has 4 heterocycles. The Morgan fingerprint density at radius 2 is 1.83 bits per heavy atom. The molecule has 1 N–H and O–H groups in total. The highest BCUT2D eigenvalue weighted by Crippen LogP contribution is 2.43. The Kier molecular flexibility index (Phi) is 7.55. The fourth-order valence-electron chi connectivity index (χ4n) is 6.25. The Labute approximate surface area is 247 Å². The van der Waals surface area contributed by atoms with E-state index in [4.69, 9.17) is 4.98 Å². The number of aryl methyl sites for hydroxylation is 1. The first-order valence-electron chi connectivity index (χ1n) is 14.6. The van der Waals surface area contributed by atoms with Crippen LogP contribution in [-0.2, 0) is 17.8 Å². The van der Waals surface area contributed by atoms with Crippen molar-refractivity contribution >= 4 is 40.8 Å². The van der Waals surface area contributed by atoms with Crippen LogP contribution in [0.25, 0.3) is 0 Å². The minimum absolute atomic E-state index is 0.120. The minimum Gasteiger partial charge on any atom is -0.369 e. The quantitative estimate of drug-likeness (QED) is 0.438. The van der Waals surface area contributed by atoms with Crippen molar-refractivity contribution in [1.29, 1.82) is 0 Å². The van der Waals surface area contributed by atoms with Gasteiger partial charge in [-0.25, -0.2) is 9.78 Å². The molecule has 10 nitrogen and oxygen atoms in total. The maximum Gasteiger partial charge on any atom is 0.326 e. The second kappa shape index (κ2) is 11.4. The van der Waals surface area contributed by atoms with Crippen LogP contribution in [0.1, 0.15) is 36.1 Å². The molecule has 2 aromatic carbocycles. The lowest BCUT2D eigenvalue weighted by Gasteiger charge is -2.43. The second-order valence-corrected chi connectivity index (χ2v) is 11.2. The average molecular weight is 567 g/mol. The van der Waals surface area contributed by atoms with E-state index in [2.05, 4.69) is 52.8 Å². The van der Waals surface area contributed by atoms with Gasteiger partial charge in [-0.2, -0.15) is 4.98 Å². The molecule has 42 heavy (non-hydrogen) atoms. The molecule has 218 valence electrons. The second-order valence-electron chi connectivity index (χ2n) is 11.2. The highest BCUT2D eigenvalue weighted by atomic mass is 16.2. The predicted molar refractivity (Wildman–Crippen MR) is 167 cm³/mol. The Morgan fingerprint density at radius 1 is 1.07 bits per heavy atom. The van der Waals surface area contributed by atoms with Gasteiger partial charge in [-0.15, -0.1) is 0 Å². The molecule has 1 unspecified atom stereocenters. The van der Waals surface area contributed by atoms with Crippen LogP contribution >= 0.6 is 0 Å². The lowest BCUT2D eigenvalue weighted by Crippen LogP contribution is -2.49. The van der Waals surface area contributed by atoms with E-state index in [0.717, 1.165) is 60.7 Å². The fourth-order valence-corrected chi connectivity index (χ4v) is 6.25. The summed E-state index contributed by atoms with van der Waals surface area (Å²) in [4.78, 5) is 45.8. The molecular formula is C32H38N8O2. The number of aromatic nitrogens is 2. The Balaban J connectivity index is 1.21. The molecule has 3 aliphatic rings. The van der Waals surface area contributed by atoms with Gasteiger partial charge < -0.3 is 24.9 Å². The molecule has 1 saturated heterocycles. The van der Waals surface area contributed by atoms with Crippen LogP contribution in [0.3, 0.4) is 0 Å². The van der Waals surface area contributed by atoms with Crippen LogP contribution in [0.15, 0.2) is 61.3 Å². The maximum absolute atomic E-state index is 13.8. The van der Waals surface area contributed by atoms with Gasteiger partial charge in [-0.05, 0) is 61.4 Å². The summed E-state index contributed by atoms with van der Waals surface area (Å²) < 4.78 is 0. The van der Waals surface area contributed by atoms with E-state index in [9.17, 15) is 9.59 Å². The van der Waals surface area contributed by atoms with E-state index < -0.39 is 0 Å². The van der Waals surface area contributed by atoms with Crippen molar-refractivity contribution in [3.8, 4) is 0 Å². The number of urea groups is 1. The number of para-hydroxylation sites is 1. The molecule has 6 rings (SSSR count). The summed E-state index contributed by atoms with van der Waals surface area (Å²) in [6.07, 6.45) is 4.59. The number of anilines is 5.